The second-order valence-corrected chi connectivity index (χ2v) is 10.5. The number of unbranched alkanes of at least 4 members (excludes halogenated alkanes) is 1. The predicted molar refractivity (Wildman–Crippen MR) is 143 cm³/mol. The minimum absolute atomic E-state index is 0.00408. The third kappa shape index (κ3) is 6.74. The number of carbonyl (C=O) groups excluding carboxylic acids is 2. The third-order valence-electron chi connectivity index (χ3n) is 7.14. The number of nitrogens with one attached hydrogen (secondary N) is 2. The van der Waals surface area contributed by atoms with Gasteiger partial charge < -0.3 is 19.9 Å². The molecule has 2 amide bonds. The Morgan fingerprint density at radius 3 is 2.54 bits per heavy atom. The van der Waals surface area contributed by atoms with Crippen LogP contribution in [0.25, 0.3) is 11.0 Å². The quantitative estimate of drug-likeness (QED) is 0.199. The lowest BCUT2D eigenvalue weighted by Crippen LogP contribution is -2.40. The number of hydrogen-bond donors (Lipinski definition) is 2. The van der Waals surface area contributed by atoms with Gasteiger partial charge in [0.1, 0.15) is 23.6 Å². The number of aromatic nitrogens is 2. The van der Waals surface area contributed by atoms with Crippen molar-refractivity contribution in [3.8, 4) is 5.75 Å². The van der Waals surface area contributed by atoms with E-state index in [0.29, 0.717) is 39.6 Å². The normalized spacial score (nSPS) is 14.4. The van der Waals surface area contributed by atoms with E-state index in [2.05, 4.69) is 15.6 Å². The summed E-state index contributed by atoms with van der Waals surface area (Å²) >= 11 is 6.41. The van der Waals surface area contributed by atoms with E-state index in [-0.39, 0.29) is 37.1 Å². The van der Waals surface area contributed by atoms with Crippen molar-refractivity contribution in [3.63, 3.8) is 0 Å². The molecule has 1 aromatic heterocycles. The molecule has 0 atom stereocenters. The highest BCUT2D eigenvalue weighted by atomic mass is 35.5. The van der Waals surface area contributed by atoms with Gasteiger partial charge in [-0.3, -0.25) is 9.59 Å². The summed E-state index contributed by atoms with van der Waals surface area (Å²) in [7, 11) is 1.72. The van der Waals surface area contributed by atoms with E-state index in [4.69, 9.17) is 16.3 Å². The van der Waals surface area contributed by atoms with Crippen molar-refractivity contribution in [1.82, 2.24) is 20.2 Å². The van der Waals surface area contributed by atoms with Gasteiger partial charge >= 0.3 is 6.18 Å². The summed E-state index contributed by atoms with van der Waals surface area (Å²) in [4.78, 5) is 29.7. The second-order valence-electron chi connectivity index (χ2n) is 10.1. The molecule has 0 unspecified atom stereocenters. The van der Waals surface area contributed by atoms with E-state index in [0.717, 1.165) is 12.8 Å². The third-order valence-corrected chi connectivity index (χ3v) is 7.51. The molecule has 1 fully saturated rings. The van der Waals surface area contributed by atoms with Crippen molar-refractivity contribution in [3.05, 3.63) is 57.9 Å². The molecule has 7 nitrogen and oxygen atoms in total. The van der Waals surface area contributed by atoms with E-state index in [9.17, 15) is 31.5 Å². The van der Waals surface area contributed by atoms with Gasteiger partial charge in [-0.05, 0) is 42.5 Å². The Balaban J connectivity index is 1.57. The maximum atomic E-state index is 13.2. The molecule has 0 spiro atoms. The van der Waals surface area contributed by atoms with Crippen LogP contribution in [0.2, 0.25) is 5.02 Å². The molecule has 41 heavy (non-hydrogen) atoms. The number of rotatable bonds is 12. The van der Waals surface area contributed by atoms with Gasteiger partial charge in [0.05, 0.1) is 16.6 Å². The number of fused-ring (bicyclic) bond motifs is 1. The van der Waals surface area contributed by atoms with Crippen LogP contribution in [-0.2, 0) is 24.8 Å². The van der Waals surface area contributed by atoms with Crippen LogP contribution in [-0.4, -0.2) is 47.1 Å². The Kier molecular flexibility index (Phi) is 9.10. The lowest BCUT2D eigenvalue weighted by Gasteiger charge is -2.18. The molecule has 2 aromatic carbocycles. The number of amides is 2. The maximum Gasteiger partial charge on any atom is 0.403 e. The van der Waals surface area contributed by atoms with Crippen LogP contribution < -0.4 is 15.4 Å². The van der Waals surface area contributed by atoms with E-state index in [1.165, 1.54) is 12.1 Å². The molecule has 0 saturated heterocycles. The molecule has 13 heteroatoms. The number of hydrogen-bond acceptors (Lipinski definition) is 4. The Hall–Kier alpha value is -3.41. The first kappa shape index (κ1) is 30.5. The lowest BCUT2D eigenvalue weighted by molar-refractivity contribution is -0.192. The van der Waals surface area contributed by atoms with Crippen molar-refractivity contribution < 1.29 is 36.3 Å². The van der Waals surface area contributed by atoms with Crippen LogP contribution in [0.3, 0.4) is 0 Å². The first-order valence-electron chi connectivity index (χ1n) is 13.2. The van der Waals surface area contributed by atoms with Gasteiger partial charge in [0.2, 0.25) is 5.91 Å². The molecule has 1 aliphatic rings. The van der Waals surface area contributed by atoms with E-state index >= 15 is 0 Å². The molecule has 4 rings (SSSR count). The van der Waals surface area contributed by atoms with Crippen molar-refractivity contribution in [2.24, 2.45) is 12.5 Å². The topological polar surface area (TPSA) is 85.3 Å². The summed E-state index contributed by atoms with van der Waals surface area (Å²) < 4.78 is 72.5. The van der Waals surface area contributed by atoms with Gasteiger partial charge in [0, 0.05) is 37.6 Å². The molecule has 1 aliphatic carbocycles. The van der Waals surface area contributed by atoms with Crippen molar-refractivity contribution in [2.45, 2.75) is 58.2 Å². The Labute approximate surface area is 238 Å². The monoisotopic (exact) mass is 600 g/mol. The van der Waals surface area contributed by atoms with Crippen LogP contribution in [0.1, 0.15) is 59.9 Å². The van der Waals surface area contributed by atoms with Crippen molar-refractivity contribution >= 4 is 34.4 Å². The van der Waals surface area contributed by atoms with Crippen LogP contribution >= 0.6 is 11.6 Å². The van der Waals surface area contributed by atoms with E-state index in [1.807, 2.05) is 6.92 Å². The summed E-state index contributed by atoms with van der Waals surface area (Å²) in [6.07, 6.45) is -5.95. The van der Waals surface area contributed by atoms with Crippen molar-refractivity contribution in [2.75, 3.05) is 13.2 Å². The van der Waals surface area contributed by atoms with E-state index in [1.54, 1.807) is 29.8 Å². The average molecular weight is 601 g/mol. The van der Waals surface area contributed by atoms with Crippen LogP contribution in [0.4, 0.5) is 22.0 Å². The SMILES string of the molecule is CCCCNC(=O)c1cc2nc(Cc3cc(CNC(=O)C4(C(F)(F)F)CC4)ccc3Cl)n(C)c2cc1OCC(F)F. The summed E-state index contributed by atoms with van der Waals surface area (Å²) in [6.45, 7) is 1.40. The molecule has 1 saturated carbocycles. The number of imidazole rings is 1. The second kappa shape index (κ2) is 12.2. The van der Waals surface area contributed by atoms with Gasteiger partial charge in [-0.25, -0.2) is 13.8 Å². The lowest BCUT2D eigenvalue weighted by atomic mass is 10.0. The van der Waals surface area contributed by atoms with Crippen LogP contribution in [0, 0.1) is 5.41 Å². The first-order valence-corrected chi connectivity index (χ1v) is 13.5. The smallest absolute Gasteiger partial charge is 0.403 e. The van der Waals surface area contributed by atoms with Gasteiger partial charge in [0.25, 0.3) is 12.3 Å². The Bertz CT molecular complexity index is 1440. The zero-order chi connectivity index (χ0) is 29.9. The molecule has 0 aliphatic heterocycles. The number of halogens is 6. The minimum atomic E-state index is -4.59. The highest BCUT2D eigenvalue weighted by molar-refractivity contribution is 6.31. The average Bonchev–Trinajstić information content (AvgIpc) is 3.69. The number of aryl methyl sites for hydroxylation is 1. The fraction of sp³-hybridized carbons (Fsp3) is 0.464. The largest absolute Gasteiger partial charge is 0.487 e. The number of carbonyl (C=O) groups is 2. The number of alkyl halides is 5. The zero-order valence-electron chi connectivity index (χ0n) is 22.5. The Morgan fingerprint density at radius 1 is 1.17 bits per heavy atom. The summed E-state index contributed by atoms with van der Waals surface area (Å²) in [6, 6.07) is 7.86. The molecule has 2 N–H and O–H groups in total. The molecule has 0 bridgehead atoms. The molecule has 0 radical (unpaired) electrons. The molecule has 222 valence electrons. The number of nitrogens with zero attached hydrogens (tertiary/aromatic N) is 2. The molecular weight excluding hydrogens is 571 g/mol. The fourth-order valence-corrected chi connectivity index (χ4v) is 4.69. The van der Waals surface area contributed by atoms with Gasteiger partial charge in [0.15, 0.2) is 0 Å². The first-order chi connectivity index (χ1) is 19.4. The highest BCUT2D eigenvalue weighted by Gasteiger charge is 2.68. The van der Waals surface area contributed by atoms with Gasteiger partial charge in [-0.2, -0.15) is 13.2 Å². The Morgan fingerprint density at radius 2 is 1.90 bits per heavy atom. The maximum absolute atomic E-state index is 13.2. The number of benzene rings is 2. The zero-order valence-corrected chi connectivity index (χ0v) is 23.3. The summed E-state index contributed by atoms with van der Waals surface area (Å²) in [5.74, 6) is -0.978. The van der Waals surface area contributed by atoms with Crippen LogP contribution in [0.15, 0.2) is 30.3 Å². The summed E-state index contributed by atoms with van der Waals surface area (Å²) in [5, 5.41) is 5.53. The van der Waals surface area contributed by atoms with Gasteiger partial charge in [-0.1, -0.05) is 37.1 Å². The number of ether oxygens (including phenoxy) is 1. The van der Waals surface area contributed by atoms with Gasteiger partial charge in [-0.15, -0.1) is 0 Å². The van der Waals surface area contributed by atoms with Crippen LogP contribution in [0.5, 0.6) is 5.75 Å². The fourth-order valence-electron chi connectivity index (χ4n) is 4.51. The molecular formula is C28H30ClF5N4O3. The molecule has 3 aromatic rings. The van der Waals surface area contributed by atoms with E-state index < -0.39 is 36.4 Å². The molecule has 1 heterocycles. The summed E-state index contributed by atoms with van der Waals surface area (Å²) in [5.41, 5.74) is -0.0747. The standard InChI is InChI=1S/C28H30ClF5N4O3/c1-3-4-9-35-25(39)18-12-20-21(13-22(18)41-15-23(30)31)38(2)24(37-20)11-17-10-16(5-6-19(17)29)14-36-26(40)27(7-8-27)28(32,33)34/h5-6,10,12-13,23H,3-4,7-9,11,14-15H2,1-2H3,(H,35,39)(H,36,40). The van der Waals surface area contributed by atoms with Crippen molar-refractivity contribution in [1.29, 1.82) is 0 Å². The minimum Gasteiger partial charge on any atom is -0.487 e. The highest BCUT2D eigenvalue weighted by Crippen LogP contribution is 2.57. The predicted octanol–water partition coefficient (Wildman–Crippen LogP) is 5.95.